The van der Waals surface area contributed by atoms with E-state index in [1.807, 2.05) is 40.7 Å². The Kier molecular flexibility index (Phi) is 6.32. The lowest BCUT2D eigenvalue weighted by molar-refractivity contribution is 0.00565. The quantitative estimate of drug-likeness (QED) is 0.383. The maximum atomic E-state index is 15.6. The molecule has 1 fully saturated rings. The Morgan fingerprint density at radius 1 is 1.08 bits per heavy atom. The number of hydrogen-bond donors (Lipinski definition) is 1. The molecule has 2 atom stereocenters. The molecule has 1 aromatic carbocycles. The van der Waals surface area contributed by atoms with Crippen LogP contribution in [-0.2, 0) is 4.74 Å². The second-order valence-corrected chi connectivity index (χ2v) is 10.9. The number of pyridine rings is 1. The molecule has 1 N–H and O–H groups in total. The lowest BCUT2D eigenvalue weighted by Gasteiger charge is -2.45. The average Bonchev–Trinajstić information content (AvgIpc) is 3.18. The molecule has 0 bridgehead atoms. The van der Waals surface area contributed by atoms with Crippen molar-refractivity contribution in [1.82, 2.24) is 24.5 Å². The molecule has 5 rings (SSSR count). The summed E-state index contributed by atoms with van der Waals surface area (Å²) in [7, 11) is 0. The minimum Gasteiger partial charge on any atom is -0.444 e. The van der Waals surface area contributed by atoms with Crippen LogP contribution < -0.4 is 10.2 Å². The van der Waals surface area contributed by atoms with Gasteiger partial charge in [-0.05, 0) is 53.7 Å². The number of fused-ring (bicyclic) bond motifs is 2. The zero-order valence-electron chi connectivity index (χ0n) is 22.3. The normalized spacial score (nSPS) is 18.3. The number of carbonyl (C=O) groups is 1. The van der Waals surface area contributed by atoms with Gasteiger partial charge in [0.05, 0.1) is 35.0 Å². The Hall–Kier alpha value is -4.02. The summed E-state index contributed by atoms with van der Waals surface area (Å²) in [6, 6.07) is 4.32. The molecular formula is C27H31F2N7O2. The first-order chi connectivity index (χ1) is 17.9. The summed E-state index contributed by atoms with van der Waals surface area (Å²) in [5.41, 5.74) is 1.37. The average molecular weight is 524 g/mol. The Bertz CT molecular complexity index is 1520. The van der Waals surface area contributed by atoms with Gasteiger partial charge in [0.1, 0.15) is 11.4 Å². The van der Waals surface area contributed by atoms with E-state index in [1.54, 1.807) is 28.6 Å². The molecule has 0 aliphatic carbocycles. The van der Waals surface area contributed by atoms with Crippen molar-refractivity contribution in [1.29, 1.82) is 0 Å². The van der Waals surface area contributed by atoms with Gasteiger partial charge >= 0.3 is 6.09 Å². The predicted molar refractivity (Wildman–Crippen MR) is 142 cm³/mol. The number of nitrogens with zero attached hydrogens (tertiary/aromatic N) is 6. The van der Waals surface area contributed by atoms with Crippen molar-refractivity contribution in [3.8, 4) is 0 Å². The zero-order valence-corrected chi connectivity index (χ0v) is 22.3. The highest BCUT2D eigenvalue weighted by Crippen LogP contribution is 2.32. The molecule has 9 nitrogen and oxygen atoms in total. The molecule has 11 heteroatoms. The number of piperazine rings is 1. The molecule has 1 saturated heterocycles. The van der Waals surface area contributed by atoms with E-state index in [2.05, 4.69) is 25.4 Å². The van der Waals surface area contributed by atoms with Crippen LogP contribution in [0.5, 0.6) is 0 Å². The molecule has 1 amide bonds. The summed E-state index contributed by atoms with van der Waals surface area (Å²) in [5, 5.41) is 11.9. The molecule has 3 aromatic heterocycles. The largest absolute Gasteiger partial charge is 0.444 e. The number of anilines is 3. The maximum Gasteiger partial charge on any atom is 0.410 e. The number of carbonyl (C=O) groups excluding carboxylic acids is 1. The van der Waals surface area contributed by atoms with E-state index < -0.39 is 17.2 Å². The first-order valence-electron chi connectivity index (χ1n) is 12.5. The summed E-state index contributed by atoms with van der Waals surface area (Å²) in [6.07, 6.45) is 4.52. The van der Waals surface area contributed by atoms with E-state index in [4.69, 9.17) is 4.74 Å². The number of hydrogen-bond acceptors (Lipinski definition) is 7. The highest BCUT2D eigenvalue weighted by molar-refractivity contribution is 5.95. The third kappa shape index (κ3) is 4.92. The van der Waals surface area contributed by atoms with Crippen LogP contribution in [0.4, 0.5) is 30.8 Å². The third-order valence-electron chi connectivity index (χ3n) is 6.47. The molecule has 0 spiro atoms. The molecular weight excluding hydrogens is 492 g/mol. The number of nitrogens with one attached hydrogen (secondary N) is 1. The van der Waals surface area contributed by atoms with E-state index in [-0.39, 0.29) is 35.0 Å². The second kappa shape index (κ2) is 9.38. The van der Waals surface area contributed by atoms with Crippen LogP contribution in [0.15, 0.2) is 36.8 Å². The number of imidazole rings is 1. The molecule has 0 radical (unpaired) electrons. The Labute approximate surface area is 219 Å². The topological polar surface area (TPSA) is 87.9 Å². The van der Waals surface area contributed by atoms with Crippen molar-refractivity contribution >= 4 is 39.7 Å². The number of aryl methyl sites for hydroxylation is 1. The van der Waals surface area contributed by atoms with Crippen LogP contribution in [0.25, 0.3) is 16.4 Å². The van der Waals surface area contributed by atoms with Gasteiger partial charge in [0.25, 0.3) is 0 Å². The van der Waals surface area contributed by atoms with Crippen molar-refractivity contribution in [2.75, 3.05) is 23.3 Å². The van der Waals surface area contributed by atoms with Crippen molar-refractivity contribution in [3.63, 3.8) is 0 Å². The Morgan fingerprint density at radius 3 is 2.47 bits per heavy atom. The van der Waals surface area contributed by atoms with Crippen LogP contribution >= 0.6 is 0 Å². The highest BCUT2D eigenvalue weighted by atomic mass is 19.1. The number of benzene rings is 1. The van der Waals surface area contributed by atoms with Gasteiger partial charge in [0.15, 0.2) is 17.3 Å². The summed E-state index contributed by atoms with van der Waals surface area (Å²) >= 11 is 0. The number of halogens is 2. The van der Waals surface area contributed by atoms with Crippen LogP contribution in [0.2, 0.25) is 0 Å². The first kappa shape index (κ1) is 25.6. The van der Waals surface area contributed by atoms with E-state index in [9.17, 15) is 9.18 Å². The van der Waals surface area contributed by atoms with E-state index >= 15 is 4.39 Å². The van der Waals surface area contributed by atoms with Crippen LogP contribution in [0, 0.1) is 18.6 Å². The lowest BCUT2D eigenvalue weighted by atomic mass is 10.1. The number of ether oxygens (including phenoxy) is 1. The van der Waals surface area contributed by atoms with E-state index in [0.717, 1.165) is 0 Å². The third-order valence-corrected chi connectivity index (χ3v) is 6.47. The molecule has 0 saturated carbocycles. The van der Waals surface area contributed by atoms with Gasteiger partial charge in [-0.25, -0.2) is 18.6 Å². The second-order valence-electron chi connectivity index (χ2n) is 10.9. The minimum atomic E-state index is -0.586. The number of rotatable bonds is 3. The minimum absolute atomic E-state index is 0.142. The van der Waals surface area contributed by atoms with Crippen molar-refractivity contribution in [3.05, 3.63) is 54.1 Å². The fraction of sp³-hybridized carbons (Fsp3) is 0.407. The fourth-order valence-corrected chi connectivity index (χ4v) is 5.03. The van der Waals surface area contributed by atoms with E-state index in [0.29, 0.717) is 35.5 Å². The maximum absolute atomic E-state index is 15.6. The molecule has 38 heavy (non-hydrogen) atoms. The summed E-state index contributed by atoms with van der Waals surface area (Å²) in [6.45, 7) is 12.2. The molecule has 1 aliphatic heterocycles. The van der Waals surface area contributed by atoms with Crippen LogP contribution in [-0.4, -0.2) is 61.3 Å². The first-order valence-corrected chi connectivity index (χ1v) is 12.5. The smallest absolute Gasteiger partial charge is 0.410 e. The highest BCUT2D eigenvalue weighted by Gasteiger charge is 2.36. The predicted octanol–water partition coefficient (Wildman–Crippen LogP) is 5.44. The van der Waals surface area contributed by atoms with Gasteiger partial charge in [0, 0.05) is 42.6 Å². The van der Waals surface area contributed by atoms with Crippen molar-refractivity contribution < 1.29 is 18.3 Å². The van der Waals surface area contributed by atoms with Gasteiger partial charge in [-0.15, -0.1) is 5.10 Å². The Morgan fingerprint density at radius 2 is 1.79 bits per heavy atom. The standard InChI is InChI=1S/C27H31F2N7O2/c1-15-11-35-14-19(8-22(29)25(35)31-15)32-24-23-18(10-30-33-24)7-20(9-21(23)28)34-12-16(2)36(17(3)13-34)26(37)38-27(4,5)6/h7-11,14,16-17H,12-13H2,1-6H3,(H,32,33)/t16-,17+. The van der Waals surface area contributed by atoms with Crippen molar-refractivity contribution in [2.45, 2.75) is 59.2 Å². The fourth-order valence-electron chi connectivity index (χ4n) is 5.03. The SMILES string of the molecule is Cc1cn2cc(Nc3nncc4cc(N5C[C@@H](C)N(C(=O)OC(C)(C)C)[C@@H](C)C5)cc(F)c34)cc(F)c2n1. The van der Waals surface area contributed by atoms with E-state index in [1.165, 1.54) is 18.3 Å². The summed E-state index contributed by atoms with van der Waals surface area (Å²) in [4.78, 5) is 20.7. The van der Waals surface area contributed by atoms with Gasteiger partial charge in [-0.2, -0.15) is 5.10 Å². The van der Waals surface area contributed by atoms with Gasteiger partial charge in [-0.1, -0.05) is 0 Å². The van der Waals surface area contributed by atoms with Gasteiger partial charge < -0.3 is 19.4 Å². The molecule has 200 valence electrons. The zero-order chi connectivity index (χ0) is 27.4. The molecule has 1 aliphatic rings. The molecule has 4 heterocycles. The Balaban J connectivity index is 1.42. The molecule has 0 unspecified atom stereocenters. The van der Waals surface area contributed by atoms with Crippen molar-refractivity contribution in [2.24, 2.45) is 0 Å². The van der Waals surface area contributed by atoms with Crippen LogP contribution in [0.3, 0.4) is 0 Å². The number of amides is 1. The summed E-state index contributed by atoms with van der Waals surface area (Å²) in [5.74, 6) is -0.809. The van der Waals surface area contributed by atoms with Gasteiger partial charge in [-0.3, -0.25) is 4.90 Å². The molecule has 4 aromatic rings. The summed E-state index contributed by atoms with van der Waals surface area (Å²) < 4.78 is 37.3. The van der Waals surface area contributed by atoms with Gasteiger partial charge in [0.2, 0.25) is 0 Å². The monoisotopic (exact) mass is 523 g/mol. The number of aromatic nitrogens is 4. The lowest BCUT2D eigenvalue weighted by Crippen LogP contribution is -2.59. The van der Waals surface area contributed by atoms with Crippen LogP contribution in [0.1, 0.15) is 40.3 Å².